The number of pyridine rings is 1. The molecule has 0 radical (unpaired) electrons. The highest BCUT2D eigenvalue weighted by Gasteiger charge is 2.14. The maximum atomic E-state index is 12.6. The summed E-state index contributed by atoms with van der Waals surface area (Å²) in [5, 5.41) is 8.83. The first-order valence-electron chi connectivity index (χ1n) is 8.48. The minimum absolute atomic E-state index is 0.0491. The Balaban J connectivity index is 1.93. The molecule has 0 aliphatic carbocycles. The van der Waals surface area contributed by atoms with Gasteiger partial charge >= 0.3 is 0 Å². The Morgan fingerprint density at radius 1 is 1.24 bits per heavy atom. The van der Waals surface area contributed by atoms with Gasteiger partial charge in [-0.15, -0.1) is 0 Å². The van der Waals surface area contributed by atoms with Gasteiger partial charge in [-0.3, -0.25) is 9.78 Å². The lowest BCUT2D eigenvalue weighted by Gasteiger charge is -2.21. The number of benzene rings is 1. The maximum absolute atomic E-state index is 12.6. The van der Waals surface area contributed by atoms with Crippen LogP contribution in [0, 0.1) is 11.3 Å². The van der Waals surface area contributed by atoms with Gasteiger partial charge in [0.2, 0.25) is 5.91 Å². The first kappa shape index (κ1) is 18.5. The van der Waals surface area contributed by atoms with Gasteiger partial charge in [-0.05, 0) is 42.7 Å². The smallest absolute Gasteiger partial charge is 0.223 e. The summed E-state index contributed by atoms with van der Waals surface area (Å²) in [7, 11) is 0. The van der Waals surface area contributed by atoms with E-state index in [1.54, 1.807) is 17.3 Å². The van der Waals surface area contributed by atoms with Crippen LogP contribution in [0.1, 0.15) is 30.9 Å². The van der Waals surface area contributed by atoms with Gasteiger partial charge in [-0.25, -0.2) is 0 Å². The summed E-state index contributed by atoms with van der Waals surface area (Å²) in [5.41, 5.74) is 2.06. The Labute approximate surface area is 148 Å². The van der Waals surface area contributed by atoms with Gasteiger partial charge in [0.05, 0.1) is 19.1 Å². The van der Waals surface area contributed by atoms with Crippen molar-refractivity contribution in [1.29, 1.82) is 5.26 Å². The number of hydrogen-bond donors (Lipinski definition) is 0. The minimum Gasteiger partial charge on any atom is -0.494 e. The van der Waals surface area contributed by atoms with Crippen LogP contribution in [0.25, 0.3) is 0 Å². The fourth-order valence-electron chi connectivity index (χ4n) is 2.52. The van der Waals surface area contributed by atoms with Gasteiger partial charge in [0.1, 0.15) is 5.75 Å². The molecular weight excluding hydrogens is 314 g/mol. The molecule has 5 nitrogen and oxygen atoms in total. The number of nitriles is 1. The molecule has 0 unspecified atom stereocenters. The van der Waals surface area contributed by atoms with E-state index < -0.39 is 0 Å². The van der Waals surface area contributed by atoms with Gasteiger partial charge in [0.25, 0.3) is 0 Å². The van der Waals surface area contributed by atoms with Crippen molar-refractivity contribution in [3.8, 4) is 11.8 Å². The van der Waals surface area contributed by atoms with Crippen LogP contribution >= 0.6 is 0 Å². The van der Waals surface area contributed by atoms with Gasteiger partial charge in [0.15, 0.2) is 0 Å². The molecule has 2 rings (SSSR count). The maximum Gasteiger partial charge on any atom is 0.223 e. The van der Waals surface area contributed by atoms with Crippen molar-refractivity contribution >= 4 is 5.91 Å². The minimum atomic E-state index is 0.0491. The van der Waals surface area contributed by atoms with Crippen molar-refractivity contribution in [2.45, 2.75) is 32.7 Å². The molecule has 0 aliphatic rings. The van der Waals surface area contributed by atoms with E-state index in [0.717, 1.165) is 16.9 Å². The first-order valence-corrected chi connectivity index (χ1v) is 8.48. The van der Waals surface area contributed by atoms with E-state index in [-0.39, 0.29) is 5.91 Å². The van der Waals surface area contributed by atoms with Gasteiger partial charge < -0.3 is 9.64 Å². The van der Waals surface area contributed by atoms with E-state index in [1.807, 2.05) is 43.3 Å². The zero-order chi connectivity index (χ0) is 17.9. The number of hydrogen-bond acceptors (Lipinski definition) is 4. The SMILES string of the molecule is CCOc1ccc(CCC(=O)N(CCC#N)Cc2cccnc2)cc1. The van der Waals surface area contributed by atoms with E-state index in [2.05, 4.69) is 11.1 Å². The molecule has 0 aliphatic heterocycles. The first-order chi connectivity index (χ1) is 12.2. The molecule has 2 aromatic rings. The van der Waals surface area contributed by atoms with Crippen LogP contribution < -0.4 is 4.74 Å². The normalized spacial score (nSPS) is 10.1. The van der Waals surface area contributed by atoms with Crippen molar-refractivity contribution < 1.29 is 9.53 Å². The number of aryl methyl sites for hydroxylation is 1. The van der Waals surface area contributed by atoms with Crippen LogP contribution in [0.5, 0.6) is 5.75 Å². The molecule has 25 heavy (non-hydrogen) atoms. The highest BCUT2D eigenvalue weighted by molar-refractivity contribution is 5.76. The highest BCUT2D eigenvalue weighted by Crippen LogP contribution is 2.14. The molecule has 1 amide bonds. The lowest BCUT2D eigenvalue weighted by atomic mass is 10.1. The molecule has 0 N–H and O–H groups in total. The molecule has 0 atom stereocenters. The molecule has 130 valence electrons. The summed E-state index contributed by atoms with van der Waals surface area (Å²) >= 11 is 0. The van der Waals surface area contributed by atoms with Crippen LogP contribution in [0.4, 0.5) is 0 Å². The second kappa shape index (κ2) is 10.1. The Morgan fingerprint density at radius 3 is 2.68 bits per heavy atom. The predicted molar refractivity (Wildman–Crippen MR) is 95.8 cm³/mol. The monoisotopic (exact) mass is 337 g/mol. The molecule has 5 heteroatoms. The van der Waals surface area contributed by atoms with Gasteiger partial charge in [0, 0.05) is 31.9 Å². The molecule has 1 aromatic carbocycles. The number of nitrogens with zero attached hydrogens (tertiary/aromatic N) is 3. The molecule has 0 spiro atoms. The summed E-state index contributed by atoms with van der Waals surface area (Å²) in [6.07, 6.45) is 4.87. The summed E-state index contributed by atoms with van der Waals surface area (Å²) in [4.78, 5) is 18.4. The molecule has 1 heterocycles. The van der Waals surface area contributed by atoms with Crippen molar-refractivity contribution in [2.24, 2.45) is 0 Å². The zero-order valence-corrected chi connectivity index (χ0v) is 14.5. The third-order valence-electron chi connectivity index (χ3n) is 3.80. The summed E-state index contributed by atoms with van der Waals surface area (Å²) in [5.74, 6) is 0.887. The van der Waals surface area contributed by atoms with E-state index in [1.165, 1.54) is 0 Å². The third kappa shape index (κ3) is 6.27. The van der Waals surface area contributed by atoms with Crippen molar-refractivity contribution in [2.75, 3.05) is 13.2 Å². The zero-order valence-electron chi connectivity index (χ0n) is 14.5. The predicted octanol–water partition coefficient (Wildman–Crippen LogP) is 3.36. The van der Waals surface area contributed by atoms with E-state index in [0.29, 0.717) is 39.0 Å². The molecule has 0 saturated heterocycles. The van der Waals surface area contributed by atoms with Crippen LogP contribution in [0.15, 0.2) is 48.8 Å². The molecule has 1 aromatic heterocycles. The second-order valence-corrected chi connectivity index (χ2v) is 5.66. The number of aromatic nitrogens is 1. The number of rotatable bonds is 9. The standard InChI is InChI=1S/C20H23N3O2/c1-2-25-19-9-6-17(7-10-19)8-11-20(24)23(14-4-12-21)16-18-5-3-13-22-15-18/h3,5-7,9-10,13,15H,2,4,8,11,14,16H2,1H3. The largest absolute Gasteiger partial charge is 0.494 e. The van der Waals surface area contributed by atoms with Gasteiger partial charge in [-0.2, -0.15) is 5.26 Å². The average molecular weight is 337 g/mol. The number of ether oxygens (including phenoxy) is 1. The molecule has 0 fully saturated rings. The molecular formula is C20H23N3O2. The Bertz CT molecular complexity index is 693. The summed E-state index contributed by atoms with van der Waals surface area (Å²) in [6, 6.07) is 13.7. The third-order valence-corrected chi connectivity index (χ3v) is 3.80. The van der Waals surface area contributed by atoms with Crippen LogP contribution in [-0.2, 0) is 17.8 Å². The van der Waals surface area contributed by atoms with Crippen LogP contribution in [0.2, 0.25) is 0 Å². The summed E-state index contributed by atoms with van der Waals surface area (Å²) < 4.78 is 5.42. The van der Waals surface area contributed by atoms with Crippen LogP contribution in [-0.4, -0.2) is 28.9 Å². The van der Waals surface area contributed by atoms with Gasteiger partial charge in [-0.1, -0.05) is 18.2 Å². The highest BCUT2D eigenvalue weighted by atomic mass is 16.5. The van der Waals surface area contributed by atoms with Crippen molar-refractivity contribution in [3.63, 3.8) is 0 Å². The van der Waals surface area contributed by atoms with E-state index in [4.69, 9.17) is 10.00 Å². The topological polar surface area (TPSA) is 66.2 Å². The Kier molecular flexibility index (Phi) is 7.45. The Morgan fingerprint density at radius 2 is 2.04 bits per heavy atom. The Hall–Kier alpha value is -2.87. The second-order valence-electron chi connectivity index (χ2n) is 5.66. The molecule has 0 bridgehead atoms. The quantitative estimate of drug-likeness (QED) is 0.704. The molecule has 0 saturated carbocycles. The van der Waals surface area contributed by atoms with Crippen LogP contribution in [0.3, 0.4) is 0 Å². The summed E-state index contributed by atoms with van der Waals surface area (Å²) in [6.45, 7) is 3.51. The fourth-order valence-corrected chi connectivity index (χ4v) is 2.52. The average Bonchev–Trinajstić information content (AvgIpc) is 2.65. The number of amides is 1. The van der Waals surface area contributed by atoms with Crippen molar-refractivity contribution in [1.82, 2.24) is 9.88 Å². The van der Waals surface area contributed by atoms with E-state index in [9.17, 15) is 4.79 Å². The fraction of sp³-hybridized carbons (Fsp3) is 0.350. The number of carbonyl (C=O) groups is 1. The lowest BCUT2D eigenvalue weighted by Crippen LogP contribution is -2.31. The lowest BCUT2D eigenvalue weighted by molar-refractivity contribution is -0.131. The number of carbonyl (C=O) groups excluding carboxylic acids is 1. The van der Waals surface area contributed by atoms with Crippen molar-refractivity contribution in [3.05, 3.63) is 59.9 Å². The van der Waals surface area contributed by atoms with E-state index >= 15 is 0 Å².